The first-order chi connectivity index (χ1) is 6.76. The predicted octanol–water partition coefficient (Wildman–Crippen LogP) is 3.86. The Labute approximate surface area is 86.7 Å². The molecule has 0 fully saturated rings. The lowest BCUT2D eigenvalue weighted by atomic mass is 9.69. The fraction of sp³-hybridized carbons (Fsp3) is 0.429. The lowest BCUT2D eigenvalue weighted by Gasteiger charge is -2.35. The van der Waals surface area contributed by atoms with E-state index in [1.54, 1.807) is 11.1 Å². The van der Waals surface area contributed by atoms with Crippen molar-refractivity contribution in [3.05, 3.63) is 48.0 Å². The predicted molar refractivity (Wildman–Crippen MR) is 61.5 cm³/mol. The third-order valence-corrected chi connectivity index (χ3v) is 3.44. The third-order valence-electron chi connectivity index (χ3n) is 3.44. The van der Waals surface area contributed by atoms with Gasteiger partial charge in [-0.05, 0) is 42.2 Å². The zero-order valence-electron chi connectivity index (χ0n) is 8.92. The van der Waals surface area contributed by atoms with Gasteiger partial charge in [0.1, 0.15) is 0 Å². The first-order valence-corrected chi connectivity index (χ1v) is 5.45. The van der Waals surface area contributed by atoms with Gasteiger partial charge in [-0.2, -0.15) is 0 Å². The lowest BCUT2D eigenvalue weighted by molar-refractivity contribution is 0.398. The van der Waals surface area contributed by atoms with Gasteiger partial charge < -0.3 is 0 Å². The molecule has 1 aromatic carbocycles. The number of fused-ring (bicyclic) bond motifs is 1. The summed E-state index contributed by atoms with van der Waals surface area (Å²) in [4.78, 5) is 0. The highest BCUT2D eigenvalue weighted by Gasteiger charge is 2.29. The molecule has 0 spiro atoms. The van der Waals surface area contributed by atoms with Crippen molar-refractivity contribution in [2.45, 2.75) is 38.0 Å². The van der Waals surface area contributed by atoms with Gasteiger partial charge >= 0.3 is 0 Å². The zero-order chi connectivity index (χ0) is 10.0. The Bertz CT molecular complexity index is 338. The Morgan fingerprint density at radius 2 is 2.21 bits per heavy atom. The maximum atomic E-state index is 3.87. The molecular weight excluding hydrogens is 168 g/mol. The quantitative estimate of drug-likeness (QED) is 0.615. The second-order valence-corrected chi connectivity index (χ2v) is 4.56. The first-order valence-electron chi connectivity index (χ1n) is 5.45. The van der Waals surface area contributed by atoms with Crippen LogP contribution in [-0.4, -0.2) is 0 Å². The Morgan fingerprint density at radius 3 is 3.00 bits per heavy atom. The number of rotatable bonds is 2. The van der Waals surface area contributed by atoms with E-state index in [0.29, 0.717) is 5.41 Å². The van der Waals surface area contributed by atoms with E-state index in [4.69, 9.17) is 0 Å². The fourth-order valence-corrected chi connectivity index (χ4v) is 2.66. The molecule has 0 heterocycles. The summed E-state index contributed by atoms with van der Waals surface area (Å²) in [5.74, 6) is 0. The molecule has 0 saturated carbocycles. The zero-order valence-corrected chi connectivity index (χ0v) is 8.92. The number of hydrogen-bond donors (Lipinski definition) is 0. The van der Waals surface area contributed by atoms with Crippen molar-refractivity contribution in [1.29, 1.82) is 0 Å². The molecule has 0 bridgehead atoms. The minimum absolute atomic E-state index is 0.344. The van der Waals surface area contributed by atoms with Crippen molar-refractivity contribution in [1.82, 2.24) is 0 Å². The second kappa shape index (κ2) is 3.61. The molecule has 0 radical (unpaired) electrons. The summed E-state index contributed by atoms with van der Waals surface area (Å²) in [5, 5.41) is 0. The van der Waals surface area contributed by atoms with Gasteiger partial charge in [-0.15, -0.1) is 6.58 Å². The molecule has 0 nitrogen and oxygen atoms in total. The average molecular weight is 186 g/mol. The highest BCUT2D eigenvalue weighted by Crippen LogP contribution is 2.39. The number of aryl methyl sites for hydroxylation is 1. The van der Waals surface area contributed by atoms with Gasteiger partial charge in [-0.3, -0.25) is 0 Å². The van der Waals surface area contributed by atoms with E-state index in [2.05, 4.69) is 43.8 Å². The molecule has 1 atom stereocenters. The fourth-order valence-electron chi connectivity index (χ4n) is 2.66. The van der Waals surface area contributed by atoms with Crippen LogP contribution < -0.4 is 0 Å². The molecule has 0 N–H and O–H groups in total. The van der Waals surface area contributed by atoms with Crippen LogP contribution in [-0.2, 0) is 11.8 Å². The molecule has 1 aliphatic rings. The van der Waals surface area contributed by atoms with Gasteiger partial charge in [0, 0.05) is 0 Å². The van der Waals surface area contributed by atoms with Gasteiger partial charge in [-0.1, -0.05) is 37.3 Å². The van der Waals surface area contributed by atoms with E-state index in [9.17, 15) is 0 Å². The molecular formula is C14H18. The molecule has 0 aromatic heterocycles. The Balaban J connectivity index is 2.44. The largest absolute Gasteiger partial charge is 0.103 e. The normalized spacial score (nSPS) is 25.5. The van der Waals surface area contributed by atoms with Crippen LogP contribution in [0, 0.1) is 0 Å². The van der Waals surface area contributed by atoms with Crippen molar-refractivity contribution < 1.29 is 0 Å². The van der Waals surface area contributed by atoms with E-state index in [1.165, 1.54) is 19.3 Å². The summed E-state index contributed by atoms with van der Waals surface area (Å²) >= 11 is 0. The third kappa shape index (κ3) is 1.50. The van der Waals surface area contributed by atoms with Gasteiger partial charge in [0.25, 0.3) is 0 Å². The highest BCUT2D eigenvalue weighted by atomic mass is 14.3. The minimum Gasteiger partial charge on any atom is -0.103 e. The number of benzene rings is 1. The molecule has 14 heavy (non-hydrogen) atoms. The molecule has 0 unspecified atom stereocenters. The molecule has 0 amide bonds. The van der Waals surface area contributed by atoms with Crippen LogP contribution in [0.15, 0.2) is 36.9 Å². The van der Waals surface area contributed by atoms with E-state index >= 15 is 0 Å². The SMILES string of the molecule is C=CC[C@]1(C)CCCc2ccccc21. The van der Waals surface area contributed by atoms with E-state index in [1.807, 2.05) is 0 Å². The van der Waals surface area contributed by atoms with Crippen LogP contribution in [0.25, 0.3) is 0 Å². The second-order valence-electron chi connectivity index (χ2n) is 4.56. The van der Waals surface area contributed by atoms with Gasteiger partial charge in [0.2, 0.25) is 0 Å². The summed E-state index contributed by atoms with van der Waals surface area (Å²) < 4.78 is 0. The van der Waals surface area contributed by atoms with Crippen molar-refractivity contribution in [3.8, 4) is 0 Å². The minimum atomic E-state index is 0.344. The van der Waals surface area contributed by atoms with Crippen LogP contribution in [0.2, 0.25) is 0 Å². The van der Waals surface area contributed by atoms with Gasteiger partial charge in [-0.25, -0.2) is 0 Å². The van der Waals surface area contributed by atoms with Crippen LogP contribution in [0.5, 0.6) is 0 Å². The smallest absolute Gasteiger partial charge is 0.00381 e. The van der Waals surface area contributed by atoms with Crippen LogP contribution in [0.3, 0.4) is 0 Å². The topological polar surface area (TPSA) is 0 Å². The summed E-state index contributed by atoms with van der Waals surface area (Å²) in [6, 6.07) is 8.87. The van der Waals surface area contributed by atoms with Crippen molar-refractivity contribution in [2.75, 3.05) is 0 Å². The van der Waals surface area contributed by atoms with Crippen LogP contribution in [0.1, 0.15) is 37.3 Å². The Kier molecular flexibility index (Phi) is 2.45. The monoisotopic (exact) mass is 186 g/mol. The highest BCUT2D eigenvalue weighted by molar-refractivity contribution is 5.36. The van der Waals surface area contributed by atoms with Crippen molar-refractivity contribution in [2.24, 2.45) is 0 Å². The summed E-state index contributed by atoms with van der Waals surface area (Å²) in [7, 11) is 0. The van der Waals surface area contributed by atoms with Crippen LogP contribution in [0.4, 0.5) is 0 Å². The van der Waals surface area contributed by atoms with E-state index in [-0.39, 0.29) is 0 Å². The summed E-state index contributed by atoms with van der Waals surface area (Å²) in [6.45, 7) is 6.24. The maximum Gasteiger partial charge on any atom is -0.00381 e. The molecule has 0 saturated heterocycles. The van der Waals surface area contributed by atoms with Crippen molar-refractivity contribution in [3.63, 3.8) is 0 Å². The van der Waals surface area contributed by atoms with E-state index in [0.717, 1.165) is 6.42 Å². The van der Waals surface area contributed by atoms with Crippen LogP contribution >= 0.6 is 0 Å². The van der Waals surface area contributed by atoms with E-state index < -0.39 is 0 Å². The Hall–Kier alpha value is -1.04. The maximum absolute atomic E-state index is 3.87. The summed E-state index contributed by atoms with van der Waals surface area (Å²) in [5.41, 5.74) is 3.44. The molecule has 0 aliphatic heterocycles. The number of hydrogen-bond acceptors (Lipinski definition) is 0. The first kappa shape index (κ1) is 9.51. The molecule has 1 aliphatic carbocycles. The van der Waals surface area contributed by atoms with Crippen molar-refractivity contribution >= 4 is 0 Å². The number of allylic oxidation sites excluding steroid dienone is 1. The average Bonchev–Trinajstić information content (AvgIpc) is 2.19. The van der Waals surface area contributed by atoms with Gasteiger partial charge in [0.15, 0.2) is 0 Å². The Morgan fingerprint density at radius 1 is 1.43 bits per heavy atom. The summed E-state index contributed by atoms with van der Waals surface area (Å²) in [6.07, 6.45) is 7.03. The lowest BCUT2D eigenvalue weighted by Crippen LogP contribution is -2.26. The molecule has 74 valence electrons. The molecule has 2 rings (SSSR count). The molecule has 1 aromatic rings. The molecule has 0 heteroatoms. The standard InChI is InChI=1S/C14H18/c1-3-10-14(2)11-6-8-12-7-4-5-9-13(12)14/h3-5,7,9H,1,6,8,10-11H2,2H3/t14-/m1/s1. The van der Waals surface area contributed by atoms with Gasteiger partial charge in [0.05, 0.1) is 0 Å².